The largest absolute Gasteiger partial charge is 0.325 e. The molecule has 108 valence electrons. The maximum absolute atomic E-state index is 12.8. The highest BCUT2D eigenvalue weighted by Gasteiger charge is 2.44. The van der Waals surface area contributed by atoms with Crippen molar-refractivity contribution in [3.8, 4) is 0 Å². The normalized spacial score (nSPS) is 33.0. The summed E-state index contributed by atoms with van der Waals surface area (Å²) in [6, 6.07) is 9.90. The Morgan fingerprint density at radius 1 is 1.30 bits per heavy atom. The van der Waals surface area contributed by atoms with Crippen molar-refractivity contribution in [2.75, 3.05) is 6.54 Å². The monoisotopic (exact) mass is 272 g/mol. The van der Waals surface area contributed by atoms with Crippen LogP contribution >= 0.6 is 0 Å². The molecule has 1 saturated carbocycles. The Labute approximate surface area is 121 Å². The third-order valence-corrected chi connectivity index (χ3v) is 4.67. The van der Waals surface area contributed by atoms with Crippen molar-refractivity contribution in [3.63, 3.8) is 0 Å². The van der Waals surface area contributed by atoms with Crippen molar-refractivity contribution in [1.29, 1.82) is 0 Å². The number of benzene rings is 1. The highest BCUT2D eigenvalue weighted by molar-refractivity contribution is 5.85. The van der Waals surface area contributed by atoms with Crippen LogP contribution in [0, 0.1) is 17.8 Å². The molecule has 1 aromatic carbocycles. The lowest BCUT2D eigenvalue weighted by molar-refractivity contribution is -0.130. The fraction of sp³-hybridized carbons (Fsp3) is 0.588. The van der Waals surface area contributed by atoms with Crippen LogP contribution in [0.25, 0.3) is 0 Å². The lowest BCUT2D eigenvalue weighted by Crippen LogP contribution is -2.42. The minimum absolute atomic E-state index is 0.167. The molecule has 2 fully saturated rings. The molecule has 1 amide bonds. The summed E-state index contributed by atoms with van der Waals surface area (Å²) in [5.74, 6) is 2.17. The van der Waals surface area contributed by atoms with Crippen LogP contribution in [0.2, 0.25) is 0 Å². The molecule has 0 radical (unpaired) electrons. The second kappa shape index (κ2) is 5.21. The molecule has 0 bridgehead atoms. The van der Waals surface area contributed by atoms with E-state index in [9.17, 15) is 4.79 Å². The second-order valence-electron chi connectivity index (χ2n) is 6.66. The zero-order valence-electron chi connectivity index (χ0n) is 12.5. The molecule has 1 N–H and O–H groups in total. The average molecular weight is 272 g/mol. The smallest absolute Gasteiger partial charge is 0.245 e. The van der Waals surface area contributed by atoms with Crippen LogP contribution in [-0.2, 0) is 4.79 Å². The van der Waals surface area contributed by atoms with Gasteiger partial charge in [-0.1, -0.05) is 51.1 Å². The highest BCUT2D eigenvalue weighted by Crippen LogP contribution is 2.40. The molecule has 2 aliphatic rings. The average Bonchev–Trinajstić information content (AvgIpc) is 3.02. The first-order chi connectivity index (χ1) is 9.58. The maximum Gasteiger partial charge on any atom is 0.245 e. The van der Waals surface area contributed by atoms with Gasteiger partial charge in [-0.25, -0.2) is 0 Å². The molecule has 3 nitrogen and oxygen atoms in total. The lowest BCUT2D eigenvalue weighted by atomic mass is 10.1. The van der Waals surface area contributed by atoms with E-state index < -0.39 is 0 Å². The second-order valence-corrected chi connectivity index (χ2v) is 6.66. The number of nitrogens with one attached hydrogen (secondary N) is 1. The van der Waals surface area contributed by atoms with Gasteiger partial charge in [0.25, 0.3) is 0 Å². The van der Waals surface area contributed by atoms with Crippen molar-refractivity contribution in [3.05, 3.63) is 35.9 Å². The van der Waals surface area contributed by atoms with Gasteiger partial charge >= 0.3 is 0 Å². The summed E-state index contributed by atoms with van der Waals surface area (Å²) >= 11 is 0. The molecule has 4 unspecified atom stereocenters. The Bertz CT molecular complexity index is 485. The Morgan fingerprint density at radius 3 is 2.50 bits per heavy atom. The van der Waals surface area contributed by atoms with E-state index in [1.54, 1.807) is 0 Å². The molecule has 1 saturated heterocycles. The minimum atomic E-state index is -0.169. The molecule has 1 aromatic rings. The summed E-state index contributed by atoms with van der Waals surface area (Å²) in [5.41, 5.74) is 1.08. The molecule has 1 aliphatic heterocycles. The summed E-state index contributed by atoms with van der Waals surface area (Å²) < 4.78 is 0. The molecule has 3 heteroatoms. The summed E-state index contributed by atoms with van der Waals surface area (Å²) in [6.45, 7) is 7.56. The number of carbonyl (C=O) groups excluding carboxylic acids is 1. The number of amides is 1. The number of nitrogens with zero attached hydrogens (tertiary/aromatic N) is 1. The molecule has 1 aliphatic carbocycles. The SMILES string of the molecule is CC(C)C1NC(c2ccccc2)C(=O)N1CC1CC1C. The number of rotatable bonds is 4. The van der Waals surface area contributed by atoms with Crippen LogP contribution < -0.4 is 5.32 Å². The van der Waals surface area contributed by atoms with Crippen molar-refractivity contribution < 1.29 is 4.79 Å². The Balaban J connectivity index is 1.80. The molecule has 20 heavy (non-hydrogen) atoms. The predicted molar refractivity (Wildman–Crippen MR) is 79.9 cm³/mol. The van der Waals surface area contributed by atoms with E-state index in [2.05, 4.69) is 31.0 Å². The van der Waals surface area contributed by atoms with Gasteiger partial charge < -0.3 is 4.90 Å². The fourth-order valence-corrected chi connectivity index (χ4v) is 3.18. The van der Waals surface area contributed by atoms with Gasteiger partial charge in [-0.05, 0) is 29.7 Å². The van der Waals surface area contributed by atoms with Gasteiger partial charge in [-0.3, -0.25) is 10.1 Å². The van der Waals surface area contributed by atoms with Crippen molar-refractivity contribution in [2.24, 2.45) is 17.8 Å². The van der Waals surface area contributed by atoms with Crippen molar-refractivity contribution >= 4 is 5.91 Å². The van der Waals surface area contributed by atoms with Gasteiger partial charge in [0.15, 0.2) is 0 Å². The summed E-state index contributed by atoms with van der Waals surface area (Å²) in [5, 5.41) is 3.53. The molecule has 1 heterocycles. The van der Waals surface area contributed by atoms with Gasteiger partial charge in [-0.15, -0.1) is 0 Å². The van der Waals surface area contributed by atoms with E-state index in [-0.39, 0.29) is 18.1 Å². The topological polar surface area (TPSA) is 32.3 Å². The van der Waals surface area contributed by atoms with E-state index in [0.29, 0.717) is 11.8 Å². The number of hydrogen-bond donors (Lipinski definition) is 1. The quantitative estimate of drug-likeness (QED) is 0.914. The molecule has 0 spiro atoms. The van der Waals surface area contributed by atoms with E-state index in [1.165, 1.54) is 6.42 Å². The molecule has 4 atom stereocenters. The molecule has 0 aromatic heterocycles. The molecule has 3 rings (SSSR count). The zero-order chi connectivity index (χ0) is 14.3. The van der Waals surface area contributed by atoms with Crippen LogP contribution in [0.3, 0.4) is 0 Å². The summed E-state index contributed by atoms with van der Waals surface area (Å²) in [6.07, 6.45) is 1.44. The molecular formula is C17H24N2O. The van der Waals surface area contributed by atoms with Crippen molar-refractivity contribution in [1.82, 2.24) is 10.2 Å². The first-order valence-corrected chi connectivity index (χ1v) is 7.69. The summed E-state index contributed by atoms with van der Waals surface area (Å²) in [4.78, 5) is 14.8. The minimum Gasteiger partial charge on any atom is -0.325 e. The van der Waals surface area contributed by atoms with Gasteiger partial charge in [0, 0.05) is 6.54 Å². The predicted octanol–water partition coefficient (Wildman–Crippen LogP) is 2.80. The van der Waals surface area contributed by atoms with E-state index in [4.69, 9.17) is 0 Å². The number of carbonyl (C=O) groups is 1. The maximum atomic E-state index is 12.8. The van der Waals surface area contributed by atoms with Gasteiger partial charge in [-0.2, -0.15) is 0 Å². The summed E-state index contributed by atoms with van der Waals surface area (Å²) in [7, 11) is 0. The van der Waals surface area contributed by atoms with Gasteiger partial charge in [0.2, 0.25) is 5.91 Å². The zero-order valence-corrected chi connectivity index (χ0v) is 12.5. The van der Waals surface area contributed by atoms with E-state index in [0.717, 1.165) is 18.0 Å². The Kier molecular flexibility index (Phi) is 3.55. The third kappa shape index (κ3) is 2.47. The highest BCUT2D eigenvalue weighted by atomic mass is 16.2. The van der Waals surface area contributed by atoms with Gasteiger partial charge in [0.05, 0.1) is 6.17 Å². The van der Waals surface area contributed by atoms with Gasteiger partial charge in [0.1, 0.15) is 6.04 Å². The first kappa shape index (κ1) is 13.6. The Morgan fingerprint density at radius 2 is 1.95 bits per heavy atom. The Hall–Kier alpha value is -1.35. The standard InChI is InChI=1S/C17H24N2O/c1-11(2)16-18-15(13-7-5-4-6-8-13)17(20)19(16)10-14-9-12(14)3/h4-8,11-12,14-16,18H,9-10H2,1-3H3. The van der Waals surface area contributed by atoms with Crippen LogP contribution in [-0.4, -0.2) is 23.5 Å². The first-order valence-electron chi connectivity index (χ1n) is 7.69. The van der Waals surface area contributed by atoms with Crippen LogP contribution in [0.4, 0.5) is 0 Å². The van der Waals surface area contributed by atoms with E-state index in [1.807, 2.05) is 30.3 Å². The number of hydrogen-bond acceptors (Lipinski definition) is 2. The third-order valence-electron chi connectivity index (χ3n) is 4.67. The van der Waals surface area contributed by atoms with Crippen LogP contribution in [0.15, 0.2) is 30.3 Å². The molecular weight excluding hydrogens is 248 g/mol. The lowest BCUT2D eigenvalue weighted by Gasteiger charge is -2.27. The van der Waals surface area contributed by atoms with E-state index >= 15 is 0 Å². The van der Waals surface area contributed by atoms with Crippen LogP contribution in [0.5, 0.6) is 0 Å². The fourth-order valence-electron chi connectivity index (χ4n) is 3.18. The van der Waals surface area contributed by atoms with Crippen LogP contribution in [0.1, 0.15) is 38.8 Å². The van der Waals surface area contributed by atoms with Crippen molar-refractivity contribution in [2.45, 2.75) is 39.4 Å².